The monoisotopic (exact) mass is 245 g/mol. The number of nitriles is 1. The summed E-state index contributed by atoms with van der Waals surface area (Å²) in [6.45, 7) is 9.32. The van der Waals surface area contributed by atoms with Gasteiger partial charge in [-0.2, -0.15) is 5.26 Å². The number of benzene rings is 1. The van der Waals surface area contributed by atoms with Crippen LogP contribution in [0.15, 0.2) is 12.1 Å². The highest BCUT2D eigenvalue weighted by Crippen LogP contribution is 2.30. The molecule has 0 saturated carbocycles. The third-order valence-corrected chi connectivity index (χ3v) is 3.46. The number of nitrogens with zero attached hydrogens (tertiary/aromatic N) is 1. The molecule has 1 unspecified atom stereocenters. The van der Waals surface area contributed by atoms with Crippen LogP contribution >= 0.6 is 0 Å². The lowest BCUT2D eigenvalue weighted by atomic mass is 9.90. The summed E-state index contributed by atoms with van der Waals surface area (Å²) in [6, 6.07) is 6.43. The largest absolute Gasteiger partial charge is 0.493 e. The molecule has 2 heteroatoms. The van der Waals surface area contributed by atoms with E-state index in [0.717, 1.165) is 25.2 Å². The van der Waals surface area contributed by atoms with Crippen LogP contribution < -0.4 is 4.74 Å². The molecular formula is C16H23NO. The topological polar surface area (TPSA) is 33.0 Å². The Labute approximate surface area is 111 Å². The Balaban J connectivity index is 2.90. The summed E-state index contributed by atoms with van der Waals surface area (Å²) < 4.78 is 5.73. The van der Waals surface area contributed by atoms with E-state index in [4.69, 9.17) is 10.00 Å². The Bertz CT molecular complexity index is 431. The van der Waals surface area contributed by atoms with Crippen molar-refractivity contribution in [2.24, 2.45) is 0 Å². The predicted molar refractivity (Wildman–Crippen MR) is 75.0 cm³/mol. The molecule has 0 aliphatic carbocycles. The summed E-state index contributed by atoms with van der Waals surface area (Å²) in [7, 11) is 0. The molecule has 0 aromatic heterocycles. The molecule has 0 fully saturated rings. The summed E-state index contributed by atoms with van der Waals surface area (Å²) in [5.41, 5.74) is 3.87. The van der Waals surface area contributed by atoms with E-state index in [1.54, 1.807) is 0 Å². The van der Waals surface area contributed by atoms with Crippen LogP contribution in [0.3, 0.4) is 0 Å². The van der Waals surface area contributed by atoms with Crippen molar-refractivity contribution in [2.45, 2.75) is 52.9 Å². The van der Waals surface area contributed by atoms with Gasteiger partial charge < -0.3 is 4.74 Å². The van der Waals surface area contributed by atoms with E-state index in [0.29, 0.717) is 12.3 Å². The lowest BCUT2D eigenvalue weighted by Gasteiger charge is -2.18. The van der Waals surface area contributed by atoms with Crippen molar-refractivity contribution in [3.05, 3.63) is 28.8 Å². The SMILES string of the molecule is CCCOc1ccc(C(C)CCC#N)c(C)c1C. The minimum Gasteiger partial charge on any atom is -0.493 e. The minimum atomic E-state index is 0.434. The summed E-state index contributed by atoms with van der Waals surface area (Å²) in [4.78, 5) is 0. The third-order valence-electron chi connectivity index (χ3n) is 3.46. The van der Waals surface area contributed by atoms with Gasteiger partial charge in [0.2, 0.25) is 0 Å². The van der Waals surface area contributed by atoms with Gasteiger partial charge in [0, 0.05) is 6.42 Å². The maximum Gasteiger partial charge on any atom is 0.122 e. The molecule has 0 heterocycles. The number of hydrogen-bond donors (Lipinski definition) is 0. The zero-order valence-corrected chi connectivity index (χ0v) is 11.9. The molecule has 1 rings (SSSR count). The molecule has 1 aromatic rings. The zero-order valence-electron chi connectivity index (χ0n) is 11.9. The molecular weight excluding hydrogens is 222 g/mol. The van der Waals surface area contributed by atoms with Crippen LogP contribution in [0.2, 0.25) is 0 Å². The van der Waals surface area contributed by atoms with Gasteiger partial charge in [0.25, 0.3) is 0 Å². The first-order valence-electron chi connectivity index (χ1n) is 6.71. The predicted octanol–water partition coefficient (Wildman–Crippen LogP) is 4.50. The van der Waals surface area contributed by atoms with Crippen molar-refractivity contribution in [3.63, 3.8) is 0 Å². The van der Waals surface area contributed by atoms with Crippen LogP contribution in [0.25, 0.3) is 0 Å². The van der Waals surface area contributed by atoms with Crippen molar-refractivity contribution in [3.8, 4) is 11.8 Å². The van der Waals surface area contributed by atoms with E-state index in [2.05, 4.69) is 45.9 Å². The van der Waals surface area contributed by atoms with Gasteiger partial charge in [-0.15, -0.1) is 0 Å². The second-order valence-electron chi connectivity index (χ2n) is 4.85. The summed E-state index contributed by atoms with van der Waals surface area (Å²) in [6.07, 6.45) is 2.57. The van der Waals surface area contributed by atoms with Crippen molar-refractivity contribution >= 4 is 0 Å². The average molecular weight is 245 g/mol. The Morgan fingerprint density at radius 3 is 2.61 bits per heavy atom. The van der Waals surface area contributed by atoms with Crippen molar-refractivity contribution in [1.29, 1.82) is 5.26 Å². The van der Waals surface area contributed by atoms with Gasteiger partial charge in [-0.05, 0) is 55.4 Å². The minimum absolute atomic E-state index is 0.434. The molecule has 1 aromatic carbocycles. The fraction of sp³-hybridized carbons (Fsp3) is 0.562. The molecule has 18 heavy (non-hydrogen) atoms. The zero-order chi connectivity index (χ0) is 13.5. The fourth-order valence-electron chi connectivity index (χ4n) is 2.16. The van der Waals surface area contributed by atoms with Crippen LogP contribution in [-0.2, 0) is 0 Å². The van der Waals surface area contributed by atoms with Crippen LogP contribution in [0, 0.1) is 25.2 Å². The molecule has 0 N–H and O–H groups in total. The lowest BCUT2D eigenvalue weighted by Crippen LogP contribution is -2.02. The van der Waals surface area contributed by atoms with Crippen LogP contribution in [0.5, 0.6) is 5.75 Å². The highest BCUT2D eigenvalue weighted by Gasteiger charge is 2.12. The van der Waals surface area contributed by atoms with E-state index >= 15 is 0 Å². The molecule has 0 amide bonds. The third kappa shape index (κ3) is 3.50. The van der Waals surface area contributed by atoms with E-state index < -0.39 is 0 Å². The van der Waals surface area contributed by atoms with E-state index in [9.17, 15) is 0 Å². The molecule has 0 aliphatic rings. The van der Waals surface area contributed by atoms with E-state index in [1.807, 2.05) is 0 Å². The van der Waals surface area contributed by atoms with Crippen LogP contribution in [0.4, 0.5) is 0 Å². The van der Waals surface area contributed by atoms with Crippen LogP contribution in [-0.4, -0.2) is 6.61 Å². The van der Waals surface area contributed by atoms with Gasteiger partial charge >= 0.3 is 0 Å². The second-order valence-corrected chi connectivity index (χ2v) is 4.85. The summed E-state index contributed by atoms with van der Waals surface area (Å²) >= 11 is 0. The summed E-state index contributed by atoms with van der Waals surface area (Å²) in [5.74, 6) is 1.43. The van der Waals surface area contributed by atoms with Gasteiger partial charge in [0.05, 0.1) is 12.7 Å². The maximum absolute atomic E-state index is 8.66. The van der Waals surface area contributed by atoms with Gasteiger partial charge in [0.1, 0.15) is 5.75 Å². The average Bonchev–Trinajstić information content (AvgIpc) is 2.37. The molecule has 0 saturated heterocycles. The van der Waals surface area contributed by atoms with Crippen LogP contribution in [0.1, 0.15) is 55.7 Å². The molecule has 0 aliphatic heterocycles. The summed E-state index contributed by atoms with van der Waals surface area (Å²) in [5, 5.41) is 8.66. The molecule has 0 radical (unpaired) electrons. The number of ether oxygens (including phenoxy) is 1. The Kier molecular flexibility index (Phi) is 5.71. The molecule has 2 nitrogen and oxygen atoms in total. The van der Waals surface area contributed by atoms with Crippen molar-refractivity contribution in [2.75, 3.05) is 6.61 Å². The highest BCUT2D eigenvalue weighted by atomic mass is 16.5. The number of rotatable bonds is 6. The smallest absolute Gasteiger partial charge is 0.122 e. The van der Waals surface area contributed by atoms with Gasteiger partial charge in [0.15, 0.2) is 0 Å². The lowest BCUT2D eigenvalue weighted by molar-refractivity contribution is 0.315. The van der Waals surface area contributed by atoms with Crippen molar-refractivity contribution in [1.82, 2.24) is 0 Å². The Morgan fingerprint density at radius 1 is 1.28 bits per heavy atom. The first-order chi connectivity index (χ1) is 8.61. The second kappa shape index (κ2) is 7.06. The van der Waals surface area contributed by atoms with E-state index in [1.165, 1.54) is 16.7 Å². The molecule has 98 valence electrons. The standard InChI is InChI=1S/C16H23NO/c1-5-11-18-16-9-8-15(13(3)14(16)4)12(2)7-6-10-17/h8-9,12H,5-7,11H2,1-4H3. The van der Waals surface area contributed by atoms with Gasteiger partial charge in [-0.1, -0.05) is 19.9 Å². The van der Waals surface area contributed by atoms with Gasteiger partial charge in [-0.3, -0.25) is 0 Å². The first kappa shape index (κ1) is 14.6. The maximum atomic E-state index is 8.66. The van der Waals surface area contributed by atoms with Crippen molar-refractivity contribution < 1.29 is 4.74 Å². The fourth-order valence-corrected chi connectivity index (χ4v) is 2.16. The quantitative estimate of drug-likeness (QED) is 0.739. The molecule has 0 spiro atoms. The number of hydrogen-bond acceptors (Lipinski definition) is 2. The Hall–Kier alpha value is -1.49. The van der Waals surface area contributed by atoms with Gasteiger partial charge in [-0.25, -0.2) is 0 Å². The normalized spacial score (nSPS) is 11.9. The highest BCUT2D eigenvalue weighted by molar-refractivity contribution is 5.44. The molecule has 0 bridgehead atoms. The van der Waals surface area contributed by atoms with E-state index in [-0.39, 0.29) is 0 Å². The molecule has 1 atom stereocenters. The Morgan fingerprint density at radius 2 is 2.00 bits per heavy atom. The first-order valence-corrected chi connectivity index (χ1v) is 6.71.